The Bertz CT molecular complexity index is 626. The van der Waals surface area contributed by atoms with Crippen molar-refractivity contribution in [3.05, 3.63) is 57.5 Å². The molecule has 3 nitrogen and oxygen atoms in total. The third-order valence-electron chi connectivity index (χ3n) is 2.74. The average Bonchev–Trinajstić information content (AvgIpc) is 2.49. The third-order valence-corrected chi connectivity index (χ3v) is 3.62. The van der Waals surface area contributed by atoms with Gasteiger partial charge in [0.05, 0.1) is 4.47 Å². The highest BCUT2D eigenvalue weighted by molar-refractivity contribution is 9.10. The van der Waals surface area contributed by atoms with Gasteiger partial charge in [0.15, 0.2) is 11.5 Å². The van der Waals surface area contributed by atoms with Crippen molar-refractivity contribution in [2.75, 3.05) is 0 Å². The predicted molar refractivity (Wildman–Crippen MR) is 85.9 cm³/mol. The van der Waals surface area contributed by atoms with Gasteiger partial charge in [0.25, 0.3) is 0 Å². The molecular formula is C16H14BrClO3. The van der Waals surface area contributed by atoms with Crippen LogP contribution in [0.25, 0.3) is 0 Å². The molecule has 0 heterocycles. The van der Waals surface area contributed by atoms with Crippen molar-refractivity contribution < 1.29 is 14.3 Å². The zero-order chi connectivity index (χ0) is 15.2. The Hall–Kier alpha value is -1.52. The number of carbonyl (C=O) groups is 1. The number of benzene rings is 2. The minimum atomic E-state index is -0.307. The minimum absolute atomic E-state index is 0.304. The summed E-state index contributed by atoms with van der Waals surface area (Å²) in [6, 6.07) is 12.8. The zero-order valence-electron chi connectivity index (χ0n) is 11.4. The molecule has 0 atom stereocenters. The molecule has 0 radical (unpaired) electrons. The molecule has 0 saturated heterocycles. The van der Waals surface area contributed by atoms with Gasteiger partial charge in [-0.1, -0.05) is 36.7 Å². The molecule has 0 aromatic heterocycles. The summed E-state index contributed by atoms with van der Waals surface area (Å²) in [5.74, 6) is 0.609. The maximum atomic E-state index is 11.5. The van der Waals surface area contributed by atoms with Gasteiger partial charge in [0.1, 0.15) is 6.61 Å². The molecule has 21 heavy (non-hydrogen) atoms. The molecule has 0 saturated carbocycles. The molecule has 5 heteroatoms. The monoisotopic (exact) mass is 368 g/mol. The Morgan fingerprint density at radius 2 is 1.90 bits per heavy atom. The van der Waals surface area contributed by atoms with Crippen LogP contribution in [0.5, 0.6) is 11.5 Å². The van der Waals surface area contributed by atoms with E-state index in [1.165, 1.54) is 0 Å². The van der Waals surface area contributed by atoms with Gasteiger partial charge >= 0.3 is 5.97 Å². The van der Waals surface area contributed by atoms with Gasteiger partial charge in [-0.2, -0.15) is 0 Å². The van der Waals surface area contributed by atoms with Crippen LogP contribution in [0, 0.1) is 0 Å². The molecule has 2 aromatic carbocycles. The number of ether oxygens (including phenoxy) is 2. The molecule has 110 valence electrons. The van der Waals surface area contributed by atoms with Crippen LogP contribution in [0.1, 0.15) is 18.9 Å². The molecule has 0 aliphatic carbocycles. The van der Waals surface area contributed by atoms with E-state index >= 15 is 0 Å². The second-order valence-electron chi connectivity index (χ2n) is 4.31. The van der Waals surface area contributed by atoms with Crippen molar-refractivity contribution in [3.63, 3.8) is 0 Å². The number of halogens is 2. The van der Waals surface area contributed by atoms with Crippen LogP contribution in [0.15, 0.2) is 46.9 Å². The molecule has 0 aliphatic rings. The fourth-order valence-electron chi connectivity index (χ4n) is 1.63. The predicted octanol–water partition coefficient (Wildman–Crippen LogP) is 5.00. The van der Waals surface area contributed by atoms with Crippen LogP contribution in [0.4, 0.5) is 0 Å². The van der Waals surface area contributed by atoms with E-state index in [0.717, 1.165) is 5.56 Å². The first-order chi connectivity index (χ1) is 10.1. The topological polar surface area (TPSA) is 35.5 Å². The molecule has 0 unspecified atom stereocenters. The van der Waals surface area contributed by atoms with E-state index in [-0.39, 0.29) is 5.97 Å². The van der Waals surface area contributed by atoms with E-state index in [1.807, 2.05) is 18.2 Å². The smallest absolute Gasteiger partial charge is 0.311 e. The van der Waals surface area contributed by atoms with Gasteiger partial charge < -0.3 is 9.47 Å². The van der Waals surface area contributed by atoms with E-state index in [4.69, 9.17) is 21.1 Å². The molecule has 0 spiro atoms. The Balaban J connectivity index is 2.13. The lowest BCUT2D eigenvalue weighted by Crippen LogP contribution is -2.08. The normalized spacial score (nSPS) is 10.2. The Labute approximate surface area is 137 Å². The van der Waals surface area contributed by atoms with E-state index in [2.05, 4.69) is 15.9 Å². The average molecular weight is 370 g/mol. The van der Waals surface area contributed by atoms with E-state index < -0.39 is 0 Å². The molecule has 0 amide bonds. The highest BCUT2D eigenvalue weighted by Gasteiger charge is 2.13. The second kappa shape index (κ2) is 7.48. The van der Waals surface area contributed by atoms with Gasteiger partial charge in [-0.25, -0.2) is 0 Å². The second-order valence-corrected chi connectivity index (χ2v) is 5.60. The van der Waals surface area contributed by atoms with Gasteiger partial charge in [-0.05, 0) is 45.8 Å². The van der Waals surface area contributed by atoms with Gasteiger partial charge in [-0.15, -0.1) is 0 Å². The minimum Gasteiger partial charge on any atom is -0.485 e. The molecule has 0 fully saturated rings. The fourth-order valence-corrected chi connectivity index (χ4v) is 2.18. The quantitative estimate of drug-likeness (QED) is 0.550. The van der Waals surface area contributed by atoms with Crippen LogP contribution in [0.2, 0.25) is 5.02 Å². The van der Waals surface area contributed by atoms with E-state index in [9.17, 15) is 4.79 Å². The highest BCUT2D eigenvalue weighted by atomic mass is 79.9. The zero-order valence-corrected chi connectivity index (χ0v) is 13.8. The maximum absolute atomic E-state index is 11.5. The first-order valence-electron chi connectivity index (χ1n) is 6.46. The summed E-state index contributed by atoms with van der Waals surface area (Å²) in [5, 5.41) is 0.679. The summed E-state index contributed by atoms with van der Waals surface area (Å²) in [6.07, 6.45) is 0.304. The van der Waals surface area contributed by atoms with Crippen molar-refractivity contribution in [2.24, 2.45) is 0 Å². The fraction of sp³-hybridized carbons (Fsp3) is 0.188. The molecular weight excluding hydrogens is 356 g/mol. The lowest BCUT2D eigenvalue weighted by atomic mass is 10.2. The third kappa shape index (κ3) is 4.48. The van der Waals surface area contributed by atoms with Crippen LogP contribution in [0.3, 0.4) is 0 Å². The lowest BCUT2D eigenvalue weighted by molar-refractivity contribution is -0.134. The van der Waals surface area contributed by atoms with Crippen molar-refractivity contribution in [1.29, 1.82) is 0 Å². The van der Waals surface area contributed by atoms with Crippen molar-refractivity contribution in [2.45, 2.75) is 20.0 Å². The first kappa shape index (κ1) is 15.9. The van der Waals surface area contributed by atoms with Crippen LogP contribution >= 0.6 is 27.5 Å². The van der Waals surface area contributed by atoms with E-state index in [1.54, 1.807) is 31.2 Å². The molecule has 2 aromatic rings. The molecule has 2 rings (SSSR count). The number of esters is 1. The van der Waals surface area contributed by atoms with E-state index in [0.29, 0.717) is 34.0 Å². The Kier molecular flexibility index (Phi) is 5.65. The largest absolute Gasteiger partial charge is 0.485 e. The van der Waals surface area contributed by atoms with Crippen LogP contribution in [-0.4, -0.2) is 5.97 Å². The Morgan fingerprint density at radius 3 is 2.57 bits per heavy atom. The summed E-state index contributed by atoms with van der Waals surface area (Å²) in [5.41, 5.74) is 0.979. The SMILES string of the molecule is CCC(=O)Oc1c(Br)cccc1OCc1ccc(Cl)cc1. The van der Waals surface area contributed by atoms with Gasteiger partial charge in [0.2, 0.25) is 0 Å². The number of carbonyl (C=O) groups excluding carboxylic acids is 1. The number of para-hydroxylation sites is 1. The number of hydrogen-bond donors (Lipinski definition) is 0. The van der Waals surface area contributed by atoms with Crippen molar-refractivity contribution in [1.82, 2.24) is 0 Å². The summed E-state index contributed by atoms with van der Waals surface area (Å²) < 4.78 is 11.7. The summed E-state index contributed by atoms with van der Waals surface area (Å²) >= 11 is 9.21. The van der Waals surface area contributed by atoms with Crippen LogP contribution in [-0.2, 0) is 11.4 Å². The van der Waals surface area contributed by atoms with Crippen LogP contribution < -0.4 is 9.47 Å². The first-order valence-corrected chi connectivity index (χ1v) is 7.63. The molecule has 0 N–H and O–H groups in total. The van der Waals surface area contributed by atoms with Gasteiger partial charge in [0, 0.05) is 11.4 Å². The Morgan fingerprint density at radius 1 is 1.19 bits per heavy atom. The summed E-state index contributed by atoms with van der Waals surface area (Å²) in [4.78, 5) is 11.5. The number of hydrogen-bond acceptors (Lipinski definition) is 3. The van der Waals surface area contributed by atoms with Gasteiger partial charge in [-0.3, -0.25) is 4.79 Å². The van der Waals surface area contributed by atoms with Crippen molar-refractivity contribution >= 4 is 33.5 Å². The van der Waals surface area contributed by atoms with Crippen molar-refractivity contribution in [3.8, 4) is 11.5 Å². The molecule has 0 aliphatic heterocycles. The standard InChI is InChI=1S/C16H14BrClO3/c1-2-15(19)21-16-13(17)4-3-5-14(16)20-10-11-6-8-12(18)9-7-11/h3-9H,2,10H2,1H3. The maximum Gasteiger partial charge on any atom is 0.311 e. The number of rotatable bonds is 5. The summed E-state index contributed by atoms with van der Waals surface area (Å²) in [7, 11) is 0. The lowest BCUT2D eigenvalue weighted by Gasteiger charge is -2.13. The summed E-state index contributed by atoms with van der Waals surface area (Å²) in [6.45, 7) is 2.11. The molecule has 0 bridgehead atoms. The highest BCUT2D eigenvalue weighted by Crippen LogP contribution is 2.35.